The number of aromatic nitrogens is 2. The van der Waals surface area contributed by atoms with Crippen LogP contribution in [0.1, 0.15) is 46.6 Å². The van der Waals surface area contributed by atoms with Gasteiger partial charge in [0.25, 0.3) is 5.56 Å². The number of rotatable bonds is 8. The molecule has 1 aliphatic rings. The van der Waals surface area contributed by atoms with Gasteiger partial charge in [0.15, 0.2) is 16.3 Å². The largest absolute Gasteiger partial charge is 0.493 e. The van der Waals surface area contributed by atoms with Gasteiger partial charge in [0, 0.05) is 22.6 Å². The molecule has 0 fully saturated rings. The SMILES string of the molecule is CCOC(=O)C1=C(c2ccccc2)N=c2s/c(=C/c3cc(C)n(-c4cccc(C)c4)c3C)c(=O)n2[C@@H]1c1ccc(OC)c(OC)c1. The van der Waals surface area contributed by atoms with Crippen molar-refractivity contribution in [3.63, 3.8) is 0 Å². The smallest absolute Gasteiger partial charge is 0.338 e. The molecule has 1 aliphatic heterocycles. The highest BCUT2D eigenvalue weighted by Crippen LogP contribution is 2.38. The average Bonchev–Trinajstić information content (AvgIpc) is 3.53. The molecule has 234 valence electrons. The van der Waals surface area contributed by atoms with Gasteiger partial charge >= 0.3 is 5.97 Å². The Bertz CT molecular complexity index is 2170. The molecule has 46 heavy (non-hydrogen) atoms. The molecule has 8 nitrogen and oxygen atoms in total. The first-order valence-electron chi connectivity index (χ1n) is 15.0. The second kappa shape index (κ2) is 12.7. The van der Waals surface area contributed by atoms with E-state index < -0.39 is 12.0 Å². The van der Waals surface area contributed by atoms with Crippen LogP contribution in [0, 0.1) is 20.8 Å². The maximum absolute atomic E-state index is 14.4. The Morgan fingerprint density at radius 3 is 2.39 bits per heavy atom. The van der Waals surface area contributed by atoms with Crippen LogP contribution in [0.15, 0.2) is 94.2 Å². The molecule has 0 aliphatic carbocycles. The van der Waals surface area contributed by atoms with Gasteiger partial charge in [-0.1, -0.05) is 59.9 Å². The summed E-state index contributed by atoms with van der Waals surface area (Å²) < 4.78 is 21.0. The first-order valence-corrected chi connectivity index (χ1v) is 15.8. The quantitative estimate of drug-likeness (QED) is 0.206. The molecule has 0 bridgehead atoms. The van der Waals surface area contributed by atoms with Gasteiger partial charge in [-0.15, -0.1) is 0 Å². The van der Waals surface area contributed by atoms with Crippen molar-refractivity contribution in [2.75, 3.05) is 20.8 Å². The molecule has 0 N–H and O–H groups in total. The molecule has 9 heteroatoms. The predicted molar refractivity (Wildman–Crippen MR) is 181 cm³/mol. The highest BCUT2D eigenvalue weighted by atomic mass is 32.1. The lowest BCUT2D eigenvalue weighted by atomic mass is 9.93. The second-order valence-electron chi connectivity index (χ2n) is 11.0. The van der Waals surface area contributed by atoms with Crippen molar-refractivity contribution in [1.82, 2.24) is 9.13 Å². The summed E-state index contributed by atoms with van der Waals surface area (Å²) in [5.41, 5.74) is 7.13. The van der Waals surface area contributed by atoms with E-state index in [4.69, 9.17) is 19.2 Å². The topological polar surface area (TPSA) is 84.1 Å². The number of aryl methyl sites for hydroxylation is 2. The summed E-state index contributed by atoms with van der Waals surface area (Å²) in [6.07, 6.45) is 1.92. The van der Waals surface area contributed by atoms with Gasteiger partial charge in [0.2, 0.25) is 0 Å². The Balaban J connectivity index is 1.62. The van der Waals surface area contributed by atoms with Gasteiger partial charge in [-0.3, -0.25) is 9.36 Å². The summed E-state index contributed by atoms with van der Waals surface area (Å²) in [6, 6.07) is 24.5. The molecule has 0 saturated heterocycles. The van der Waals surface area contributed by atoms with Gasteiger partial charge in [0.05, 0.1) is 42.7 Å². The van der Waals surface area contributed by atoms with Crippen molar-refractivity contribution in [1.29, 1.82) is 0 Å². The number of carbonyl (C=O) groups excluding carboxylic acids is 1. The number of hydrogen-bond acceptors (Lipinski definition) is 7. The molecule has 1 atom stereocenters. The minimum Gasteiger partial charge on any atom is -0.493 e. The summed E-state index contributed by atoms with van der Waals surface area (Å²) in [6.45, 7) is 8.11. The number of esters is 1. The Hall–Kier alpha value is -5.15. The van der Waals surface area contributed by atoms with E-state index in [1.54, 1.807) is 37.8 Å². The molecule has 0 unspecified atom stereocenters. The minimum atomic E-state index is -0.827. The Morgan fingerprint density at radius 1 is 0.935 bits per heavy atom. The third-order valence-corrected chi connectivity index (χ3v) is 9.10. The number of benzene rings is 3. The van der Waals surface area contributed by atoms with Crippen molar-refractivity contribution in [2.24, 2.45) is 4.99 Å². The van der Waals surface area contributed by atoms with Crippen LogP contribution in [-0.2, 0) is 9.53 Å². The molecule has 0 spiro atoms. The number of thiazole rings is 1. The van der Waals surface area contributed by atoms with Crippen LogP contribution in [0.3, 0.4) is 0 Å². The van der Waals surface area contributed by atoms with Crippen molar-refractivity contribution in [2.45, 2.75) is 33.7 Å². The lowest BCUT2D eigenvalue weighted by Crippen LogP contribution is -2.40. The molecule has 0 radical (unpaired) electrons. The van der Waals surface area contributed by atoms with Gasteiger partial charge in [-0.05, 0) is 80.8 Å². The third kappa shape index (κ3) is 5.47. The maximum Gasteiger partial charge on any atom is 0.338 e. The van der Waals surface area contributed by atoms with E-state index in [0.717, 1.165) is 28.2 Å². The average molecular weight is 634 g/mol. The zero-order valence-corrected chi connectivity index (χ0v) is 27.5. The number of fused-ring (bicyclic) bond motifs is 1. The van der Waals surface area contributed by atoms with Crippen LogP contribution in [-0.4, -0.2) is 35.9 Å². The van der Waals surface area contributed by atoms with Crippen LogP contribution >= 0.6 is 11.3 Å². The molecule has 0 saturated carbocycles. The number of ether oxygens (including phenoxy) is 3. The number of carbonyl (C=O) groups is 1. The summed E-state index contributed by atoms with van der Waals surface area (Å²) >= 11 is 1.30. The molecule has 3 aromatic carbocycles. The normalized spacial score (nSPS) is 14.6. The molecular formula is C37H35N3O5S. The summed E-state index contributed by atoms with van der Waals surface area (Å²) in [5.74, 6) is 0.473. The van der Waals surface area contributed by atoms with E-state index in [0.29, 0.717) is 32.1 Å². The lowest BCUT2D eigenvalue weighted by Gasteiger charge is -2.26. The van der Waals surface area contributed by atoms with Crippen molar-refractivity contribution < 1.29 is 19.0 Å². The lowest BCUT2D eigenvalue weighted by molar-refractivity contribution is -0.138. The number of methoxy groups -OCH3 is 2. The van der Waals surface area contributed by atoms with Gasteiger partial charge < -0.3 is 18.8 Å². The molecule has 2 aromatic heterocycles. The summed E-state index contributed by atoms with van der Waals surface area (Å²) in [4.78, 5) is 33.6. The fraction of sp³-hybridized carbons (Fsp3) is 0.216. The van der Waals surface area contributed by atoms with Crippen LogP contribution in [0.2, 0.25) is 0 Å². The zero-order valence-electron chi connectivity index (χ0n) is 26.7. The van der Waals surface area contributed by atoms with Crippen molar-refractivity contribution in [3.05, 3.63) is 138 Å². The monoisotopic (exact) mass is 633 g/mol. The van der Waals surface area contributed by atoms with Gasteiger partial charge in [0.1, 0.15) is 0 Å². The highest BCUT2D eigenvalue weighted by molar-refractivity contribution is 7.07. The standard InChI is InChI=1S/C37H35N3O5S/c1-7-45-36(42)32-33(25-13-9-8-10-14-25)38-37-40(34(32)26-16-17-29(43-5)30(20-26)44-6)35(41)31(46-37)21-27-19-23(3)39(24(27)4)28-15-11-12-22(2)18-28/h8-21,34H,7H2,1-6H3/b31-21+/t34-/m1/s1. The maximum atomic E-state index is 14.4. The van der Waals surface area contributed by atoms with E-state index in [-0.39, 0.29) is 17.7 Å². The molecule has 6 rings (SSSR count). The number of hydrogen-bond donors (Lipinski definition) is 0. The summed E-state index contributed by atoms with van der Waals surface area (Å²) in [5, 5.41) is 0. The Labute approximate surface area is 271 Å². The molecule has 0 amide bonds. The van der Waals surface area contributed by atoms with E-state index in [1.165, 1.54) is 16.9 Å². The van der Waals surface area contributed by atoms with Gasteiger partial charge in [-0.2, -0.15) is 0 Å². The van der Waals surface area contributed by atoms with Crippen LogP contribution < -0.4 is 24.4 Å². The first-order chi connectivity index (χ1) is 22.2. The molecular weight excluding hydrogens is 598 g/mol. The molecule has 3 heterocycles. The highest BCUT2D eigenvalue weighted by Gasteiger charge is 2.35. The van der Waals surface area contributed by atoms with Crippen molar-refractivity contribution in [3.8, 4) is 17.2 Å². The van der Waals surface area contributed by atoms with E-state index in [2.05, 4.69) is 49.6 Å². The zero-order chi connectivity index (χ0) is 32.5. The van der Waals surface area contributed by atoms with Crippen LogP contribution in [0.5, 0.6) is 11.5 Å². The van der Waals surface area contributed by atoms with E-state index in [9.17, 15) is 9.59 Å². The third-order valence-electron chi connectivity index (χ3n) is 8.11. The predicted octanol–water partition coefficient (Wildman–Crippen LogP) is 5.67. The van der Waals surface area contributed by atoms with Crippen molar-refractivity contribution >= 4 is 29.1 Å². The second-order valence-corrected chi connectivity index (χ2v) is 12.1. The number of nitrogens with zero attached hydrogens (tertiary/aromatic N) is 3. The summed E-state index contributed by atoms with van der Waals surface area (Å²) in [7, 11) is 3.12. The molecule has 5 aromatic rings. The fourth-order valence-corrected chi connectivity index (χ4v) is 7.01. The van der Waals surface area contributed by atoms with E-state index >= 15 is 0 Å². The Kier molecular flexibility index (Phi) is 8.51. The minimum absolute atomic E-state index is 0.171. The van der Waals surface area contributed by atoms with Gasteiger partial charge in [-0.25, -0.2) is 9.79 Å². The van der Waals surface area contributed by atoms with Crippen LogP contribution in [0.25, 0.3) is 17.5 Å². The fourth-order valence-electron chi connectivity index (χ4n) is 6.02. The first kappa shape index (κ1) is 30.9. The van der Waals surface area contributed by atoms with Crippen LogP contribution in [0.4, 0.5) is 0 Å². The Morgan fingerprint density at radius 2 is 1.70 bits per heavy atom. The van der Waals surface area contributed by atoms with E-state index in [1.807, 2.05) is 48.5 Å².